The van der Waals surface area contributed by atoms with Crippen molar-refractivity contribution in [2.75, 3.05) is 45.3 Å². The van der Waals surface area contributed by atoms with Crippen molar-refractivity contribution in [1.82, 2.24) is 10.6 Å². The molecule has 154 valence electrons. The van der Waals surface area contributed by atoms with Crippen molar-refractivity contribution in [2.45, 2.75) is 32.4 Å². The summed E-state index contributed by atoms with van der Waals surface area (Å²) in [5.74, 6) is -1.54. The number of carbonyl (C=O) groups is 2. The van der Waals surface area contributed by atoms with E-state index in [4.69, 9.17) is 24.5 Å². The fraction of sp³-hybridized carbons (Fsp3) is 0.857. The van der Waals surface area contributed by atoms with Gasteiger partial charge in [0, 0.05) is 13.1 Å². The molecule has 0 aromatic heterocycles. The maximum absolute atomic E-state index is 11.4. The SMILES string of the molecule is CC(C)(C)OC(=O)NCCOCCOCCNC(=O)C(N)CS(=O)(=O)O. The lowest BCUT2D eigenvalue weighted by Crippen LogP contribution is -2.45. The van der Waals surface area contributed by atoms with E-state index >= 15 is 0 Å². The van der Waals surface area contributed by atoms with Crippen molar-refractivity contribution in [1.29, 1.82) is 0 Å². The number of ether oxygens (including phenoxy) is 3. The van der Waals surface area contributed by atoms with E-state index in [1.165, 1.54) is 0 Å². The molecule has 1 unspecified atom stereocenters. The summed E-state index contributed by atoms with van der Waals surface area (Å²) < 4.78 is 45.3. The molecule has 0 aromatic rings. The van der Waals surface area contributed by atoms with Gasteiger partial charge in [0.1, 0.15) is 11.6 Å². The Kier molecular flexibility index (Phi) is 11.3. The van der Waals surface area contributed by atoms with Crippen molar-refractivity contribution in [3.8, 4) is 0 Å². The van der Waals surface area contributed by atoms with E-state index < -0.39 is 39.5 Å². The maximum Gasteiger partial charge on any atom is 0.407 e. The summed E-state index contributed by atoms with van der Waals surface area (Å²) in [6, 6.07) is -1.34. The van der Waals surface area contributed by atoms with Gasteiger partial charge in [-0.2, -0.15) is 8.42 Å². The quantitative estimate of drug-likeness (QED) is 0.235. The molecule has 0 aromatic carbocycles. The molecule has 0 fully saturated rings. The van der Waals surface area contributed by atoms with Crippen molar-refractivity contribution in [2.24, 2.45) is 5.73 Å². The molecular weight excluding hydrogens is 370 g/mol. The Morgan fingerprint density at radius 2 is 1.54 bits per heavy atom. The average molecular weight is 399 g/mol. The Labute approximate surface area is 153 Å². The third kappa shape index (κ3) is 16.0. The zero-order valence-corrected chi connectivity index (χ0v) is 16.1. The van der Waals surface area contributed by atoms with E-state index in [9.17, 15) is 18.0 Å². The van der Waals surface area contributed by atoms with Gasteiger partial charge in [-0.05, 0) is 20.8 Å². The molecular formula is C14H29N3O8S. The first-order chi connectivity index (χ1) is 11.9. The van der Waals surface area contributed by atoms with Gasteiger partial charge in [0.25, 0.3) is 10.1 Å². The van der Waals surface area contributed by atoms with Crippen molar-refractivity contribution >= 4 is 22.1 Å². The Morgan fingerprint density at radius 3 is 2.00 bits per heavy atom. The first kappa shape index (κ1) is 24.5. The molecule has 0 saturated heterocycles. The molecule has 1 atom stereocenters. The van der Waals surface area contributed by atoms with Crippen LogP contribution in [0.3, 0.4) is 0 Å². The lowest BCUT2D eigenvalue weighted by Gasteiger charge is -2.19. The van der Waals surface area contributed by atoms with Crippen LogP contribution in [0.5, 0.6) is 0 Å². The van der Waals surface area contributed by atoms with Gasteiger partial charge in [-0.3, -0.25) is 9.35 Å². The first-order valence-electron chi connectivity index (χ1n) is 8.01. The Balaban J connectivity index is 3.52. The lowest BCUT2D eigenvalue weighted by molar-refractivity contribution is -0.122. The van der Waals surface area contributed by atoms with Crippen LogP contribution in [0, 0.1) is 0 Å². The van der Waals surface area contributed by atoms with Gasteiger partial charge < -0.3 is 30.6 Å². The molecule has 11 nitrogen and oxygen atoms in total. The monoisotopic (exact) mass is 399 g/mol. The fourth-order valence-electron chi connectivity index (χ4n) is 1.54. The van der Waals surface area contributed by atoms with Crippen LogP contribution in [0.1, 0.15) is 20.8 Å². The minimum atomic E-state index is -4.30. The number of rotatable bonds is 12. The number of hydrogen-bond acceptors (Lipinski definition) is 8. The Morgan fingerprint density at radius 1 is 1.04 bits per heavy atom. The van der Waals surface area contributed by atoms with E-state index in [1.807, 2.05) is 0 Å². The minimum Gasteiger partial charge on any atom is -0.444 e. The summed E-state index contributed by atoms with van der Waals surface area (Å²) in [6.07, 6.45) is -0.514. The summed E-state index contributed by atoms with van der Waals surface area (Å²) in [5, 5.41) is 4.92. The second-order valence-corrected chi connectivity index (χ2v) is 7.80. The highest BCUT2D eigenvalue weighted by Gasteiger charge is 2.19. The number of amides is 2. The lowest BCUT2D eigenvalue weighted by atomic mass is 10.2. The van der Waals surface area contributed by atoms with Crippen LogP contribution in [0.25, 0.3) is 0 Å². The number of alkyl carbamates (subject to hydrolysis) is 1. The summed E-state index contributed by atoms with van der Waals surface area (Å²) >= 11 is 0. The highest BCUT2D eigenvalue weighted by atomic mass is 32.2. The normalized spacial score (nSPS) is 13.1. The predicted molar refractivity (Wildman–Crippen MR) is 93.3 cm³/mol. The van der Waals surface area contributed by atoms with Crippen LogP contribution in [0.2, 0.25) is 0 Å². The molecule has 5 N–H and O–H groups in total. The Hall–Kier alpha value is -1.47. The largest absolute Gasteiger partial charge is 0.444 e. The van der Waals surface area contributed by atoms with Crippen LogP contribution in [-0.4, -0.2) is 81.9 Å². The average Bonchev–Trinajstić information content (AvgIpc) is 2.45. The zero-order valence-electron chi connectivity index (χ0n) is 15.3. The summed E-state index contributed by atoms with van der Waals surface area (Å²) in [4.78, 5) is 22.8. The summed E-state index contributed by atoms with van der Waals surface area (Å²) in [5.41, 5.74) is 4.77. The van der Waals surface area contributed by atoms with Crippen LogP contribution in [0.4, 0.5) is 4.79 Å². The molecule has 26 heavy (non-hydrogen) atoms. The van der Waals surface area contributed by atoms with Crippen LogP contribution in [-0.2, 0) is 29.1 Å². The predicted octanol–water partition coefficient (Wildman–Crippen LogP) is -1.12. The van der Waals surface area contributed by atoms with E-state index in [1.54, 1.807) is 20.8 Å². The molecule has 0 radical (unpaired) electrons. The van der Waals surface area contributed by atoms with E-state index in [0.717, 1.165) is 0 Å². The third-order valence-corrected chi connectivity index (χ3v) is 3.34. The highest BCUT2D eigenvalue weighted by molar-refractivity contribution is 7.85. The van der Waals surface area contributed by atoms with Gasteiger partial charge in [0.2, 0.25) is 5.91 Å². The van der Waals surface area contributed by atoms with Crippen LogP contribution in [0.15, 0.2) is 0 Å². The second-order valence-electron chi connectivity index (χ2n) is 6.30. The van der Waals surface area contributed by atoms with Gasteiger partial charge in [-0.15, -0.1) is 0 Å². The second kappa shape index (κ2) is 12.0. The van der Waals surface area contributed by atoms with E-state index in [2.05, 4.69) is 10.6 Å². The molecule has 12 heteroatoms. The molecule has 0 bridgehead atoms. The third-order valence-electron chi connectivity index (χ3n) is 2.56. The fourth-order valence-corrected chi connectivity index (χ4v) is 2.15. The molecule has 0 spiro atoms. The molecule has 0 heterocycles. The number of carbonyl (C=O) groups excluding carboxylic acids is 2. The molecule has 0 aliphatic heterocycles. The molecule has 0 saturated carbocycles. The minimum absolute atomic E-state index is 0.137. The molecule has 0 aliphatic rings. The Bertz CT molecular complexity index is 533. The van der Waals surface area contributed by atoms with Gasteiger partial charge in [-0.25, -0.2) is 4.79 Å². The topological polar surface area (TPSA) is 166 Å². The van der Waals surface area contributed by atoms with Gasteiger partial charge in [-0.1, -0.05) is 0 Å². The standard InChI is InChI=1S/C14H29N3O8S/c1-14(2,3)25-13(19)17-5-7-24-9-8-23-6-4-16-12(18)11(15)10-26(20,21)22/h11H,4-10,15H2,1-3H3,(H,16,18)(H,17,19)(H,20,21,22). The van der Waals surface area contributed by atoms with E-state index in [-0.39, 0.29) is 19.8 Å². The smallest absolute Gasteiger partial charge is 0.407 e. The van der Waals surface area contributed by atoms with Gasteiger partial charge in [0.05, 0.1) is 32.2 Å². The van der Waals surface area contributed by atoms with Crippen molar-refractivity contribution < 1.29 is 36.8 Å². The summed E-state index contributed by atoms with van der Waals surface area (Å²) in [6.45, 7) is 6.80. The van der Waals surface area contributed by atoms with Gasteiger partial charge >= 0.3 is 6.09 Å². The van der Waals surface area contributed by atoms with Crippen LogP contribution < -0.4 is 16.4 Å². The maximum atomic E-state index is 11.4. The number of hydrogen-bond donors (Lipinski definition) is 4. The number of nitrogens with two attached hydrogens (primary N) is 1. The highest BCUT2D eigenvalue weighted by Crippen LogP contribution is 2.05. The van der Waals surface area contributed by atoms with Crippen molar-refractivity contribution in [3.63, 3.8) is 0 Å². The van der Waals surface area contributed by atoms with Crippen molar-refractivity contribution in [3.05, 3.63) is 0 Å². The first-order valence-corrected chi connectivity index (χ1v) is 9.62. The zero-order chi connectivity index (χ0) is 20.2. The molecule has 2 amide bonds. The van der Waals surface area contributed by atoms with E-state index in [0.29, 0.717) is 19.8 Å². The molecule has 0 aliphatic carbocycles. The van der Waals surface area contributed by atoms with Gasteiger partial charge in [0.15, 0.2) is 0 Å². The summed E-state index contributed by atoms with van der Waals surface area (Å²) in [7, 11) is -4.30. The molecule has 0 rings (SSSR count). The van der Waals surface area contributed by atoms with Crippen LogP contribution >= 0.6 is 0 Å². The number of nitrogens with one attached hydrogen (secondary N) is 2.